The van der Waals surface area contributed by atoms with Crippen LogP contribution < -0.4 is 4.52 Å². The highest BCUT2D eigenvalue weighted by Gasteiger charge is 2.22. The van der Waals surface area contributed by atoms with Gasteiger partial charge in [-0.1, -0.05) is 30.1 Å². The normalized spacial score (nSPS) is 11.6. The maximum Gasteiger partial charge on any atom is 0.380 e. The minimum Gasteiger partial charge on any atom is -0.421 e. The summed E-state index contributed by atoms with van der Waals surface area (Å²) in [6.45, 7) is -0.805. The Morgan fingerprint density at radius 2 is 1.65 bits per heavy atom. The van der Waals surface area contributed by atoms with Crippen LogP contribution in [0, 0.1) is 0 Å². The summed E-state index contributed by atoms with van der Waals surface area (Å²) in [6.07, 6.45) is 0.836. The van der Waals surface area contributed by atoms with Crippen LogP contribution in [0.5, 0.6) is 5.75 Å². The molecule has 0 fully saturated rings. The topological polar surface area (TPSA) is 27.7 Å². The molecule has 0 aliphatic carbocycles. The first kappa shape index (κ1) is 15.2. The van der Waals surface area contributed by atoms with E-state index in [0.29, 0.717) is 15.8 Å². The Morgan fingerprint density at radius 1 is 1.18 bits per heavy atom. The Bertz CT molecular complexity index is 422. The molecule has 0 saturated carbocycles. The third-order valence-electron chi connectivity index (χ3n) is 2.12. The SMILES string of the molecule is CCc1cc(Cl)c(OP(=S)(OC)OC)c(Cl)c1. The maximum absolute atomic E-state index is 6.08. The van der Waals surface area contributed by atoms with Crippen molar-refractivity contribution in [3.8, 4) is 5.75 Å². The smallest absolute Gasteiger partial charge is 0.380 e. The molecule has 0 aliphatic rings. The van der Waals surface area contributed by atoms with Gasteiger partial charge in [-0.15, -0.1) is 0 Å². The second kappa shape index (κ2) is 6.37. The minimum atomic E-state index is -2.82. The monoisotopic (exact) mass is 314 g/mol. The molecule has 7 heteroatoms. The van der Waals surface area contributed by atoms with Gasteiger partial charge in [0.15, 0.2) is 5.75 Å². The van der Waals surface area contributed by atoms with Gasteiger partial charge >= 0.3 is 6.72 Å². The van der Waals surface area contributed by atoms with Crippen molar-refractivity contribution < 1.29 is 13.6 Å². The highest BCUT2D eigenvalue weighted by molar-refractivity contribution is 8.07. The van der Waals surface area contributed by atoms with E-state index in [-0.39, 0.29) is 0 Å². The molecule has 0 aliphatic heterocycles. The number of rotatable bonds is 5. The summed E-state index contributed by atoms with van der Waals surface area (Å²) in [6, 6.07) is 3.57. The molecule has 0 bridgehead atoms. The molecule has 1 rings (SSSR count). The predicted octanol–water partition coefficient (Wildman–Crippen LogP) is 4.45. The summed E-state index contributed by atoms with van der Waals surface area (Å²) in [5.41, 5.74) is 1.02. The molecule has 0 spiro atoms. The zero-order valence-electron chi connectivity index (χ0n) is 9.70. The quantitative estimate of drug-likeness (QED) is 0.750. The van der Waals surface area contributed by atoms with E-state index < -0.39 is 6.72 Å². The second-order valence-corrected chi connectivity index (χ2v) is 7.11. The molecule has 96 valence electrons. The molecule has 0 atom stereocenters. The van der Waals surface area contributed by atoms with Crippen molar-refractivity contribution in [2.24, 2.45) is 0 Å². The molecule has 0 saturated heterocycles. The number of hydrogen-bond donors (Lipinski definition) is 0. The summed E-state index contributed by atoms with van der Waals surface area (Å²) >= 11 is 17.3. The molecular formula is C10H13Cl2O3PS. The van der Waals surface area contributed by atoms with Gasteiger partial charge in [0, 0.05) is 26.0 Å². The van der Waals surface area contributed by atoms with E-state index in [1.165, 1.54) is 14.2 Å². The highest BCUT2D eigenvalue weighted by Crippen LogP contribution is 2.51. The Hall–Kier alpha value is 0.170. The van der Waals surface area contributed by atoms with Crippen molar-refractivity contribution in [1.82, 2.24) is 0 Å². The van der Waals surface area contributed by atoms with Crippen molar-refractivity contribution in [2.45, 2.75) is 13.3 Å². The van der Waals surface area contributed by atoms with E-state index in [1.54, 1.807) is 12.1 Å². The van der Waals surface area contributed by atoms with Crippen molar-refractivity contribution in [2.75, 3.05) is 14.2 Å². The zero-order chi connectivity index (χ0) is 13.1. The van der Waals surface area contributed by atoms with Gasteiger partial charge in [-0.25, -0.2) is 0 Å². The van der Waals surface area contributed by atoms with E-state index in [1.807, 2.05) is 6.92 Å². The third-order valence-corrected chi connectivity index (χ3v) is 5.10. The summed E-state index contributed by atoms with van der Waals surface area (Å²) in [4.78, 5) is 0. The molecule has 17 heavy (non-hydrogen) atoms. The first-order valence-electron chi connectivity index (χ1n) is 4.84. The minimum absolute atomic E-state index is 0.303. The van der Waals surface area contributed by atoms with Crippen LogP contribution in [0.3, 0.4) is 0 Å². The van der Waals surface area contributed by atoms with Crippen LogP contribution in [-0.2, 0) is 27.3 Å². The number of aryl methyl sites for hydroxylation is 1. The average Bonchev–Trinajstić information content (AvgIpc) is 2.33. The van der Waals surface area contributed by atoms with Gasteiger partial charge in [-0.2, -0.15) is 0 Å². The molecule has 1 aromatic rings. The molecule has 1 aromatic carbocycles. The van der Waals surface area contributed by atoms with E-state index in [4.69, 9.17) is 48.6 Å². The van der Waals surface area contributed by atoms with Crippen LogP contribution in [0.2, 0.25) is 10.0 Å². The van der Waals surface area contributed by atoms with Gasteiger partial charge < -0.3 is 13.6 Å². The van der Waals surface area contributed by atoms with Crippen LogP contribution in [0.1, 0.15) is 12.5 Å². The van der Waals surface area contributed by atoms with E-state index in [0.717, 1.165) is 12.0 Å². The lowest BCUT2D eigenvalue weighted by atomic mass is 10.2. The van der Waals surface area contributed by atoms with Gasteiger partial charge in [-0.05, 0) is 24.1 Å². The fraction of sp³-hybridized carbons (Fsp3) is 0.400. The zero-order valence-corrected chi connectivity index (χ0v) is 12.9. The second-order valence-electron chi connectivity index (χ2n) is 3.15. The Kier molecular flexibility index (Phi) is 5.71. The van der Waals surface area contributed by atoms with Crippen LogP contribution in [0.15, 0.2) is 12.1 Å². The highest BCUT2D eigenvalue weighted by atomic mass is 35.5. The van der Waals surface area contributed by atoms with E-state index in [2.05, 4.69) is 0 Å². The van der Waals surface area contributed by atoms with Crippen molar-refractivity contribution in [3.05, 3.63) is 27.7 Å². The van der Waals surface area contributed by atoms with Gasteiger partial charge in [0.1, 0.15) is 0 Å². The van der Waals surface area contributed by atoms with Gasteiger partial charge in [-0.3, -0.25) is 0 Å². The largest absolute Gasteiger partial charge is 0.421 e. The molecule has 0 heterocycles. The summed E-state index contributed by atoms with van der Waals surface area (Å²) in [7, 11) is 2.85. The van der Waals surface area contributed by atoms with E-state index in [9.17, 15) is 0 Å². The molecular weight excluding hydrogens is 302 g/mol. The molecule has 0 amide bonds. The van der Waals surface area contributed by atoms with Crippen LogP contribution in [-0.4, -0.2) is 14.2 Å². The number of halogens is 2. The van der Waals surface area contributed by atoms with Crippen molar-refractivity contribution >= 4 is 41.7 Å². The lowest BCUT2D eigenvalue weighted by Gasteiger charge is -2.20. The first-order chi connectivity index (χ1) is 7.95. The fourth-order valence-corrected chi connectivity index (χ4v) is 2.82. The molecule has 0 unspecified atom stereocenters. The Morgan fingerprint density at radius 3 is 2.00 bits per heavy atom. The Labute approximate surface area is 116 Å². The van der Waals surface area contributed by atoms with Crippen LogP contribution in [0.4, 0.5) is 0 Å². The van der Waals surface area contributed by atoms with Gasteiger partial charge in [0.25, 0.3) is 0 Å². The third kappa shape index (κ3) is 3.82. The first-order valence-corrected chi connectivity index (χ1v) is 8.16. The fourth-order valence-electron chi connectivity index (χ4n) is 1.16. The molecule has 0 aromatic heterocycles. The molecule has 0 N–H and O–H groups in total. The maximum atomic E-state index is 6.08. The summed E-state index contributed by atoms with van der Waals surface area (Å²) < 4.78 is 15.5. The molecule has 0 radical (unpaired) electrons. The Balaban J connectivity index is 3.11. The van der Waals surface area contributed by atoms with Crippen molar-refractivity contribution in [1.29, 1.82) is 0 Å². The van der Waals surface area contributed by atoms with Crippen LogP contribution in [0.25, 0.3) is 0 Å². The standard InChI is InChI=1S/C10H13Cl2O3PS/c1-4-7-5-8(11)10(9(12)6-7)15-16(17,13-2)14-3/h5-6H,4H2,1-3H3. The number of hydrogen-bond acceptors (Lipinski definition) is 4. The van der Waals surface area contributed by atoms with Gasteiger partial charge in [0.05, 0.1) is 10.0 Å². The summed E-state index contributed by atoms with van der Waals surface area (Å²) in [5, 5.41) is 0.801. The van der Waals surface area contributed by atoms with Crippen LogP contribution >= 0.6 is 29.9 Å². The lowest BCUT2D eigenvalue weighted by Crippen LogP contribution is -1.98. The average molecular weight is 315 g/mol. The predicted molar refractivity (Wildman–Crippen MR) is 74.8 cm³/mol. The number of benzene rings is 1. The summed E-state index contributed by atoms with van der Waals surface area (Å²) in [5.74, 6) is 0.303. The van der Waals surface area contributed by atoms with Gasteiger partial charge in [0.2, 0.25) is 0 Å². The van der Waals surface area contributed by atoms with Crippen molar-refractivity contribution in [3.63, 3.8) is 0 Å². The molecule has 3 nitrogen and oxygen atoms in total. The van der Waals surface area contributed by atoms with E-state index >= 15 is 0 Å². The lowest BCUT2D eigenvalue weighted by molar-refractivity contribution is 0.273.